The first-order valence-electron chi connectivity index (χ1n) is 11.0. The summed E-state index contributed by atoms with van der Waals surface area (Å²) in [5.74, 6) is 0. The van der Waals surface area contributed by atoms with Crippen LogP contribution in [0.5, 0.6) is 0 Å². The average molecular weight is 402 g/mol. The summed E-state index contributed by atoms with van der Waals surface area (Å²) in [5.41, 5.74) is 5.33. The number of H-pyrrole nitrogens is 1. The predicted molar refractivity (Wildman–Crippen MR) is 130 cm³/mol. The first kappa shape index (κ1) is 21.8. The van der Waals surface area contributed by atoms with Crippen LogP contribution in [0.2, 0.25) is 0 Å². The molecule has 0 saturated carbocycles. The lowest BCUT2D eigenvalue weighted by atomic mass is 9.98. The predicted octanol–water partition coefficient (Wildman–Crippen LogP) is 4.91. The molecule has 30 heavy (non-hydrogen) atoms. The third-order valence-corrected chi connectivity index (χ3v) is 5.71. The smallest absolute Gasteiger partial charge is 0.0719 e. The van der Waals surface area contributed by atoms with E-state index in [1.165, 1.54) is 16.1 Å². The van der Waals surface area contributed by atoms with E-state index in [0.717, 1.165) is 54.6 Å². The second-order valence-corrected chi connectivity index (χ2v) is 8.19. The molecule has 158 valence electrons. The van der Waals surface area contributed by atoms with Crippen molar-refractivity contribution in [3.05, 3.63) is 89.2 Å². The van der Waals surface area contributed by atoms with Crippen molar-refractivity contribution in [3.8, 4) is 0 Å². The van der Waals surface area contributed by atoms with E-state index >= 15 is 0 Å². The summed E-state index contributed by atoms with van der Waals surface area (Å²) in [6.07, 6.45) is 12.1. The SMILES string of the molecule is C=C(NC(CCCC)C(=C)NC(C(=C)C)c1ccccc1)c1c[nH]c2c1=CCCC=2. The Morgan fingerprint density at radius 1 is 1.07 bits per heavy atom. The van der Waals surface area contributed by atoms with Crippen molar-refractivity contribution in [2.75, 3.05) is 0 Å². The quantitative estimate of drug-likeness (QED) is 0.468. The second-order valence-electron chi connectivity index (χ2n) is 8.19. The largest absolute Gasteiger partial charge is 0.377 e. The van der Waals surface area contributed by atoms with E-state index in [0.29, 0.717) is 0 Å². The van der Waals surface area contributed by atoms with Crippen molar-refractivity contribution in [1.29, 1.82) is 0 Å². The molecule has 1 heterocycles. The number of unbranched alkanes of at least 4 members (excludes halogenated alkanes) is 1. The van der Waals surface area contributed by atoms with Gasteiger partial charge in [0.25, 0.3) is 0 Å². The van der Waals surface area contributed by atoms with Crippen LogP contribution >= 0.6 is 0 Å². The van der Waals surface area contributed by atoms with Crippen LogP contribution in [0.3, 0.4) is 0 Å². The van der Waals surface area contributed by atoms with Crippen LogP contribution in [-0.2, 0) is 0 Å². The van der Waals surface area contributed by atoms with Gasteiger partial charge in [-0.2, -0.15) is 0 Å². The molecule has 0 aliphatic heterocycles. The summed E-state index contributed by atoms with van der Waals surface area (Å²) in [5, 5.41) is 9.76. The van der Waals surface area contributed by atoms with Gasteiger partial charge in [0.05, 0.1) is 12.1 Å². The van der Waals surface area contributed by atoms with Gasteiger partial charge < -0.3 is 15.6 Å². The number of aromatic amines is 1. The van der Waals surface area contributed by atoms with Crippen LogP contribution in [0.25, 0.3) is 17.8 Å². The highest BCUT2D eigenvalue weighted by Gasteiger charge is 2.19. The minimum Gasteiger partial charge on any atom is -0.377 e. The lowest BCUT2D eigenvalue weighted by molar-refractivity contribution is 0.528. The highest BCUT2D eigenvalue weighted by atomic mass is 15.0. The number of rotatable bonds is 11. The van der Waals surface area contributed by atoms with Gasteiger partial charge in [0.15, 0.2) is 0 Å². The molecule has 0 saturated heterocycles. The Hall–Kier alpha value is -2.94. The molecule has 2 atom stereocenters. The molecule has 1 aliphatic carbocycles. The normalized spacial score (nSPS) is 14.5. The van der Waals surface area contributed by atoms with Crippen LogP contribution in [0, 0.1) is 0 Å². The summed E-state index contributed by atoms with van der Waals surface area (Å²) < 4.78 is 0. The minimum absolute atomic E-state index is 0.0424. The Labute approximate surface area is 181 Å². The highest BCUT2D eigenvalue weighted by Crippen LogP contribution is 2.23. The number of aromatic nitrogens is 1. The third kappa shape index (κ3) is 5.15. The van der Waals surface area contributed by atoms with E-state index in [4.69, 9.17) is 0 Å². The Morgan fingerprint density at radius 2 is 1.80 bits per heavy atom. The van der Waals surface area contributed by atoms with Gasteiger partial charge in [-0.1, -0.05) is 87.6 Å². The number of benzene rings is 1. The Bertz CT molecular complexity index is 1010. The summed E-state index contributed by atoms with van der Waals surface area (Å²) in [6, 6.07) is 10.6. The molecule has 0 spiro atoms. The highest BCUT2D eigenvalue weighted by molar-refractivity contribution is 5.64. The molecule has 0 amide bonds. The molecule has 2 unspecified atom stereocenters. The Morgan fingerprint density at radius 3 is 2.50 bits per heavy atom. The van der Waals surface area contributed by atoms with E-state index in [1.807, 2.05) is 6.07 Å². The van der Waals surface area contributed by atoms with Crippen molar-refractivity contribution >= 4 is 17.8 Å². The van der Waals surface area contributed by atoms with Gasteiger partial charge in [-0.25, -0.2) is 0 Å². The zero-order valence-corrected chi connectivity index (χ0v) is 18.4. The Kier molecular flexibility index (Phi) is 7.40. The summed E-state index contributed by atoms with van der Waals surface area (Å²) in [6.45, 7) is 17.2. The second kappa shape index (κ2) is 10.2. The number of fused-ring (bicyclic) bond motifs is 1. The maximum absolute atomic E-state index is 4.40. The molecule has 0 fully saturated rings. The monoisotopic (exact) mass is 401 g/mol. The maximum Gasteiger partial charge on any atom is 0.0719 e. The van der Waals surface area contributed by atoms with E-state index in [1.54, 1.807) is 0 Å². The topological polar surface area (TPSA) is 39.8 Å². The van der Waals surface area contributed by atoms with Crippen LogP contribution in [0.15, 0.2) is 67.5 Å². The van der Waals surface area contributed by atoms with Gasteiger partial charge in [-0.05, 0) is 31.7 Å². The van der Waals surface area contributed by atoms with Crippen LogP contribution < -0.4 is 21.2 Å². The van der Waals surface area contributed by atoms with E-state index in [9.17, 15) is 0 Å². The molecular weight excluding hydrogens is 366 g/mol. The van der Waals surface area contributed by atoms with Crippen molar-refractivity contribution in [1.82, 2.24) is 15.6 Å². The summed E-state index contributed by atoms with van der Waals surface area (Å²) in [7, 11) is 0. The molecule has 1 aromatic heterocycles. The molecule has 1 aromatic carbocycles. The number of hydrogen-bond acceptors (Lipinski definition) is 2. The minimum atomic E-state index is 0.0424. The van der Waals surface area contributed by atoms with Crippen molar-refractivity contribution in [2.24, 2.45) is 0 Å². The molecule has 3 rings (SSSR count). The fourth-order valence-corrected chi connectivity index (χ4v) is 4.00. The lowest BCUT2D eigenvalue weighted by Gasteiger charge is -2.29. The standard InChI is InChI=1S/C27H35N3/c1-6-7-16-25(21(5)30-27(19(2)3)22-13-9-8-10-14-22)29-20(4)24-18-28-26-17-12-11-15-23(24)26/h8-10,13-15,17-18,25,27-30H,2,4-7,11-12,16H2,1,3H3. The summed E-state index contributed by atoms with van der Waals surface area (Å²) in [4.78, 5) is 3.38. The maximum atomic E-state index is 4.40. The molecule has 1 aliphatic rings. The molecule has 3 N–H and O–H groups in total. The summed E-state index contributed by atoms with van der Waals surface area (Å²) >= 11 is 0. The molecule has 0 bridgehead atoms. The molecule has 3 heteroatoms. The van der Waals surface area contributed by atoms with Crippen molar-refractivity contribution in [2.45, 2.75) is 58.0 Å². The number of nitrogens with one attached hydrogen (secondary N) is 3. The molecule has 0 radical (unpaired) electrons. The van der Waals surface area contributed by atoms with E-state index in [2.05, 4.69) is 91.8 Å². The van der Waals surface area contributed by atoms with E-state index < -0.39 is 0 Å². The molecule has 2 aromatic rings. The van der Waals surface area contributed by atoms with Gasteiger partial charge in [0.1, 0.15) is 0 Å². The Balaban J connectivity index is 1.78. The van der Waals surface area contributed by atoms with Gasteiger partial charge in [0.2, 0.25) is 0 Å². The fraction of sp³-hybridized carbons (Fsp3) is 0.333. The van der Waals surface area contributed by atoms with E-state index in [-0.39, 0.29) is 12.1 Å². The van der Waals surface area contributed by atoms with Gasteiger partial charge >= 0.3 is 0 Å². The first-order valence-corrected chi connectivity index (χ1v) is 11.0. The van der Waals surface area contributed by atoms with Crippen LogP contribution in [0.4, 0.5) is 0 Å². The average Bonchev–Trinajstić information content (AvgIpc) is 3.19. The zero-order chi connectivity index (χ0) is 21.5. The van der Waals surface area contributed by atoms with Crippen LogP contribution in [0.1, 0.15) is 63.1 Å². The molecule has 3 nitrogen and oxygen atoms in total. The number of hydrogen-bond donors (Lipinski definition) is 3. The van der Waals surface area contributed by atoms with Crippen molar-refractivity contribution in [3.63, 3.8) is 0 Å². The van der Waals surface area contributed by atoms with Gasteiger partial charge in [-0.3, -0.25) is 0 Å². The van der Waals surface area contributed by atoms with Gasteiger partial charge in [0, 0.05) is 33.7 Å². The zero-order valence-electron chi connectivity index (χ0n) is 18.4. The first-order chi connectivity index (χ1) is 14.5. The van der Waals surface area contributed by atoms with Gasteiger partial charge in [-0.15, -0.1) is 0 Å². The lowest BCUT2D eigenvalue weighted by Crippen LogP contribution is -2.38. The fourth-order valence-electron chi connectivity index (χ4n) is 4.00. The van der Waals surface area contributed by atoms with Crippen molar-refractivity contribution < 1.29 is 0 Å². The van der Waals surface area contributed by atoms with Crippen LogP contribution in [-0.4, -0.2) is 11.0 Å². The molecular formula is C27H35N3. The third-order valence-electron chi connectivity index (χ3n) is 5.71.